The number of benzene rings is 1. The molecule has 4 heteroatoms. The molecule has 0 aliphatic heterocycles. The topological polar surface area (TPSA) is 49.4 Å². The van der Waals surface area contributed by atoms with Gasteiger partial charge in [-0.3, -0.25) is 4.21 Å². The van der Waals surface area contributed by atoms with Gasteiger partial charge in [0.2, 0.25) is 0 Å². The molecule has 126 valence electrons. The fraction of sp³-hybridized carbons (Fsp3) is 0.667. The summed E-state index contributed by atoms with van der Waals surface area (Å²) in [7, 11) is 0. The SMILES string of the molecule is CCCCOc1ccc(C(C)(C)CC(C)(C)C)cc1S(=O)[O-]. The highest BCUT2D eigenvalue weighted by Gasteiger charge is 2.28. The lowest BCUT2D eigenvalue weighted by atomic mass is 9.72. The molecule has 0 N–H and O–H groups in total. The minimum atomic E-state index is -2.29. The number of unbranched alkanes of at least 4 members (excludes halogenated alkanes) is 1. The van der Waals surface area contributed by atoms with Crippen molar-refractivity contribution in [3.63, 3.8) is 0 Å². The normalized spacial score (nSPS) is 14.0. The van der Waals surface area contributed by atoms with Crippen molar-refractivity contribution in [1.29, 1.82) is 0 Å². The third kappa shape index (κ3) is 5.73. The first-order chi connectivity index (χ1) is 10.1. The van der Waals surface area contributed by atoms with Gasteiger partial charge in [0.05, 0.1) is 11.5 Å². The molecule has 1 aromatic rings. The van der Waals surface area contributed by atoms with Gasteiger partial charge in [-0.05, 0) is 52.4 Å². The fourth-order valence-electron chi connectivity index (χ4n) is 2.93. The summed E-state index contributed by atoms with van der Waals surface area (Å²) in [4.78, 5) is 0.260. The van der Waals surface area contributed by atoms with E-state index in [0.717, 1.165) is 24.8 Å². The summed E-state index contributed by atoms with van der Waals surface area (Å²) in [5, 5.41) is 0. The van der Waals surface area contributed by atoms with E-state index in [1.807, 2.05) is 6.07 Å². The fourth-order valence-corrected chi connectivity index (χ4v) is 3.45. The molecule has 1 atom stereocenters. The zero-order valence-electron chi connectivity index (χ0n) is 14.7. The quantitative estimate of drug-likeness (QED) is 0.533. The highest BCUT2D eigenvalue weighted by atomic mass is 32.2. The number of hydrogen-bond donors (Lipinski definition) is 0. The summed E-state index contributed by atoms with van der Waals surface area (Å²) in [6, 6.07) is 5.54. The maximum atomic E-state index is 11.5. The van der Waals surface area contributed by atoms with E-state index in [1.165, 1.54) is 0 Å². The number of rotatable bonds is 7. The van der Waals surface area contributed by atoms with Crippen molar-refractivity contribution in [1.82, 2.24) is 0 Å². The average Bonchev–Trinajstić information content (AvgIpc) is 2.36. The Hall–Kier alpha value is -0.870. The first-order valence-corrected chi connectivity index (χ1v) is 9.01. The van der Waals surface area contributed by atoms with E-state index in [2.05, 4.69) is 41.5 Å². The molecule has 1 rings (SSSR count). The molecule has 0 aliphatic rings. The van der Waals surface area contributed by atoms with Crippen molar-refractivity contribution in [2.24, 2.45) is 5.41 Å². The van der Waals surface area contributed by atoms with Gasteiger partial charge in [-0.15, -0.1) is 0 Å². The molecular formula is C18H29O3S-. The van der Waals surface area contributed by atoms with E-state index in [4.69, 9.17) is 4.74 Å². The van der Waals surface area contributed by atoms with Crippen LogP contribution in [-0.2, 0) is 16.5 Å². The van der Waals surface area contributed by atoms with Crippen LogP contribution in [0.1, 0.15) is 66.4 Å². The highest BCUT2D eigenvalue weighted by Crippen LogP contribution is 2.38. The summed E-state index contributed by atoms with van der Waals surface area (Å²) in [5.41, 5.74) is 1.12. The van der Waals surface area contributed by atoms with Crippen LogP contribution < -0.4 is 4.74 Å². The van der Waals surface area contributed by atoms with Crippen LogP contribution in [0.5, 0.6) is 5.75 Å². The summed E-state index contributed by atoms with van der Waals surface area (Å²) >= 11 is -2.29. The predicted octanol–water partition coefficient (Wildman–Crippen LogP) is 4.82. The third-order valence-corrected chi connectivity index (χ3v) is 4.31. The van der Waals surface area contributed by atoms with Gasteiger partial charge in [0.15, 0.2) is 0 Å². The molecule has 0 fully saturated rings. The van der Waals surface area contributed by atoms with Gasteiger partial charge in [0, 0.05) is 0 Å². The Labute approximate surface area is 137 Å². The Morgan fingerprint density at radius 2 is 1.82 bits per heavy atom. The zero-order chi connectivity index (χ0) is 17.0. The largest absolute Gasteiger partial charge is 0.768 e. The minimum absolute atomic E-state index is 0.0890. The Morgan fingerprint density at radius 3 is 2.32 bits per heavy atom. The van der Waals surface area contributed by atoms with Gasteiger partial charge in [0.25, 0.3) is 0 Å². The lowest BCUT2D eigenvalue weighted by Crippen LogP contribution is -2.25. The molecule has 0 amide bonds. The maximum Gasteiger partial charge on any atom is 0.134 e. The van der Waals surface area contributed by atoms with Crippen molar-refractivity contribution in [2.75, 3.05) is 6.61 Å². The summed E-state index contributed by atoms with van der Waals surface area (Å²) in [6.45, 7) is 13.5. The molecular weight excluding hydrogens is 296 g/mol. The van der Waals surface area contributed by atoms with Crippen molar-refractivity contribution < 1.29 is 13.5 Å². The molecule has 0 aliphatic carbocycles. The molecule has 0 heterocycles. The molecule has 1 unspecified atom stereocenters. The van der Waals surface area contributed by atoms with E-state index < -0.39 is 11.1 Å². The lowest BCUT2D eigenvalue weighted by Gasteiger charge is -2.33. The third-order valence-electron chi connectivity index (χ3n) is 3.63. The van der Waals surface area contributed by atoms with Crippen LogP contribution in [0.2, 0.25) is 0 Å². The van der Waals surface area contributed by atoms with Gasteiger partial charge < -0.3 is 9.29 Å². The standard InChI is InChI=1S/C18H30O3S/c1-7-8-11-21-15-10-9-14(12-16(15)22(19)20)18(5,6)13-17(2,3)4/h9-10,12H,7-8,11,13H2,1-6H3,(H,19,20)/p-1. The van der Waals surface area contributed by atoms with Gasteiger partial charge in [0.1, 0.15) is 5.75 Å². The Balaban J connectivity index is 3.09. The molecule has 1 aromatic carbocycles. The van der Waals surface area contributed by atoms with Crippen LogP contribution in [0.25, 0.3) is 0 Å². The van der Waals surface area contributed by atoms with Gasteiger partial charge in [-0.25, -0.2) is 0 Å². The number of hydrogen-bond acceptors (Lipinski definition) is 3. The van der Waals surface area contributed by atoms with E-state index in [-0.39, 0.29) is 15.7 Å². The predicted molar refractivity (Wildman–Crippen MR) is 91.1 cm³/mol. The Kier molecular flexibility index (Phi) is 6.63. The van der Waals surface area contributed by atoms with E-state index in [1.54, 1.807) is 12.1 Å². The van der Waals surface area contributed by atoms with Gasteiger partial charge >= 0.3 is 0 Å². The van der Waals surface area contributed by atoms with Crippen LogP contribution in [0.3, 0.4) is 0 Å². The number of ether oxygens (including phenoxy) is 1. The van der Waals surface area contributed by atoms with Crippen molar-refractivity contribution in [2.45, 2.75) is 71.1 Å². The monoisotopic (exact) mass is 325 g/mol. The Morgan fingerprint density at radius 1 is 1.18 bits per heavy atom. The molecule has 0 saturated carbocycles. The van der Waals surface area contributed by atoms with Crippen molar-refractivity contribution in [3.8, 4) is 5.75 Å². The minimum Gasteiger partial charge on any atom is -0.768 e. The highest BCUT2D eigenvalue weighted by molar-refractivity contribution is 7.79. The average molecular weight is 325 g/mol. The molecule has 0 saturated heterocycles. The first kappa shape index (κ1) is 19.2. The second-order valence-electron chi connectivity index (χ2n) is 7.72. The molecule has 0 radical (unpaired) electrons. The summed E-state index contributed by atoms with van der Waals surface area (Å²) < 4.78 is 28.7. The van der Waals surface area contributed by atoms with Crippen molar-refractivity contribution in [3.05, 3.63) is 23.8 Å². The molecule has 22 heavy (non-hydrogen) atoms. The Bertz CT molecular complexity index is 516. The van der Waals surface area contributed by atoms with Gasteiger partial charge in [-0.2, -0.15) is 0 Å². The molecule has 3 nitrogen and oxygen atoms in total. The second-order valence-corrected chi connectivity index (χ2v) is 8.63. The van der Waals surface area contributed by atoms with Crippen LogP contribution in [0.4, 0.5) is 0 Å². The first-order valence-electron chi connectivity index (χ1n) is 7.93. The molecule has 0 bridgehead atoms. The lowest BCUT2D eigenvalue weighted by molar-refractivity contribution is 0.282. The van der Waals surface area contributed by atoms with Crippen LogP contribution in [0, 0.1) is 5.41 Å². The second kappa shape index (κ2) is 7.60. The van der Waals surface area contributed by atoms with Crippen LogP contribution >= 0.6 is 0 Å². The summed E-state index contributed by atoms with van der Waals surface area (Å²) in [6.07, 6.45) is 2.91. The maximum absolute atomic E-state index is 11.5. The molecule has 0 aromatic heterocycles. The summed E-state index contributed by atoms with van der Waals surface area (Å²) in [5.74, 6) is 0.456. The van der Waals surface area contributed by atoms with Crippen LogP contribution in [0.15, 0.2) is 23.1 Å². The van der Waals surface area contributed by atoms with E-state index in [0.29, 0.717) is 12.4 Å². The van der Waals surface area contributed by atoms with Gasteiger partial charge in [-0.1, -0.05) is 54.0 Å². The van der Waals surface area contributed by atoms with Crippen LogP contribution in [-0.4, -0.2) is 15.4 Å². The van der Waals surface area contributed by atoms with E-state index in [9.17, 15) is 8.76 Å². The molecule has 0 spiro atoms. The van der Waals surface area contributed by atoms with E-state index >= 15 is 0 Å². The van der Waals surface area contributed by atoms with Crippen molar-refractivity contribution >= 4 is 11.1 Å². The zero-order valence-corrected chi connectivity index (χ0v) is 15.5. The smallest absolute Gasteiger partial charge is 0.134 e.